The number of hydrogen-bond donors (Lipinski definition) is 2. The minimum Gasteiger partial charge on any atom is -0.677 e. The number of alkyl halides is 3. The summed E-state index contributed by atoms with van der Waals surface area (Å²) in [5.74, 6) is -0.955. The van der Waals surface area contributed by atoms with Crippen LogP contribution in [0.1, 0.15) is 23.7 Å². The molecule has 0 saturated heterocycles. The smallest absolute Gasteiger partial charge is 0.677 e. The number of benzene rings is 1. The zero-order valence-corrected chi connectivity index (χ0v) is 15.7. The number of para-hydroxylation sites is 1. The van der Waals surface area contributed by atoms with Crippen molar-refractivity contribution < 1.29 is 41.9 Å². The summed E-state index contributed by atoms with van der Waals surface area (Å²) >= 11 is 0. The number of nitrogens with one attached hydrogen (secondary N) is 1. The van der Waals surface area contributed by atoms with Gasteiger partial charge in [-0.2, -0.15) is 13.2 Å². The van der Waals surface area contributed by atoms with E-state index in [0.29, 0.717) is 0 Å². The predicted molar refractivity (Wildman–Crippen MR) is 93.9 cm³/mol. The van der Waals surface area contributed by atoms with Gasteiger partial charge in [-0.05, 0) is 12.1 Å². The number of hydrogen-bond acceptors (Lipinski definition) is 5. The first-order valence-electron chi connectivity index (χ1n) is 7.84. The predicted octanol–water partition coefficient (Wildman–Crippen LogP) is -0.216. The Morgan fingerprint density at radius 1 is 1.25 bits per heavy atom. The van der Waals surface area contributed by atoms with E-state index in [9.17, 15) is 32.7 Å². The second-order valence-electron chi connectivity index (χ2n) is 6.21. The van der Waals surface area contributed by atoms with Gasteiger partial charge in [-0.1, -0.05) is 18.7 Å². The van der Waals surface area contributed by atoms with Crippen molar-refractivity contribution in [1.82, 2.24) is 4.90 Å². The first-order valence-corrected chi connectivity index (χ1v) is 7.84. The largest absolute Gasteiger partial charge is 1.00 e. The molecule has 2 rings (SSSR count). The van der Waals surface area contributed by atoms with Crippen LogP contribution in [0.2, 0.25) is 0 Å². The molecule has 11 heteroatoms. The molecule has 0 aromatic heterocycles. The van der Waals surface area contributed by atoms with Gasteiger partial charge in [0.1, 0.15) is 0 Å². The van der Waals surface area contributed by atoms with Gasteiger partial charge in [-0.25, -0.2) is 0 Å². The number of anilines is 2. The summed E-state index contributed by atoms with van der Waals surface area (Å²) in [6, 6.07) is 2.89. The maximum absolute atomic E-state index is 12.4. The van der Waals surface area contributed by atoms with Gasteiger partial charge >= 0.3 is 25.0 Å². The van der Waals surface area contributed by atoms with Gasteiger partial charge in [0.25, 0.3) is 5.91 Å². The standard InChI is InChI=1S/C17H18F3N3O4.Li/c1-8(7-17(18,19)20)21-11-12(15(26)14(11)25)22-10-6-4-5-9(13(10)24)16(27)23(2)3;/h4-6,8H,7H2,1-3H3,(H3,21,22,24,25,26,27);/q;+1/p-1. The van der Waals surface area contributed by atoms with E-state index in [0.717, 1.165) is 0 Å². The molecule has 0 aliphatic carbocycles. The van der Waals surface area contributed by atoms with Gasteiger partial charge in [-0.3, -0.25) is 14.4 Å². The molecule has 0 heterocycles. The molecule has 28 heavy (non-hydrogen) atoms. The maximum atomic E-state index is 12.4. The quantitative estimate of drug-likeness (QED) is 0.403. The molecule has 2 aromatic carbocycles. The van der Waals surface area contributed by atoms with Gasteiger partial charge in [0.2, 0.25) is 10.9 Å². The molecule has 1 amide bonds. The summed E-state index contributed by atoms with van der Waals surface area (Å²) in [4.78, 5) is 36.7. The molecule has 2 N–H and O–H groups in total. The second-order valence-corrected chi connectivity index (χ2v) is 6.21. The first kappa shape index (κ1) is 23.6. The summed E-state index contributed by atoms with van der Waals surface area (Å²) in [7, 11) is 2.97. The average Bonchev–Trinajstić information content (AvgIpc) is 2.56. The Kier molecular flexibility index (Phi) is 7.34. The third-order valence-corrected chi connectivity index (χ3v) is 3.69. The number of nitrogens with zero attached hydrogens (tertiary/aromatic N) is 2. The Balaban J connectivity index is 0.00000392. The van der Waals surface area contributed by atoms with Crippen LogP contribution in [0.25, 0.3) is 5.32 Å². The van der Waals surface area contributed by atoms with Crippen LogP contribution in [0.5, 0.6) is 5.75 Å². The van der Waals surface area contributed by atoms with Gasteiger partial charge in [0, 0.05) is 20.5 Å². The zero-order valence-electron chi connectivity index (χ0n) is 15.7. The topological polar surface area (TPSA) is 101 Å². The van der Waals surface area contributed by atoms with E-state index in [1.807, 2.05) is 0 Å². The van der Waals surface area contributed by atoms with Crippen LogP contribution in [0.15, 0.2) is 27.8 Å². The molecule has 0 aliphatic heterocycles. The van der Waals surface area contributed by atoms with E-state index < -0.39 is 46.8 Å². The van der Waals surface area contributed by atoms with Crippen LogP contribution in [0, 0.1) is 0 Å². The van der Waals surface area contributed by atoms with E-state index in [2.05, 4.69) is 10.6 Å². The van der Waals surface area contributed by atoms with Crippen molar-refractivity contribution in [3.05, 3.63) is 49.5 Å². The number of aromatic hydroxyl groups is 1. The molecular weight excluding hydrogens is 374 g/mol. The Bertz CT molecular complexity index is 937. The number of carbonyl (C=O) groups excluding carboxylic acids is 1. The normalized spacial score (nSPS) is 12.2. The molecule has 0 spiro atoms. The summed E-state index contributed by atoms with van der Waals surface area (Å²) < 4.78 is 37.3. The van der Waals surface area contributed by atoms with Gasteiger partial charge in [-0.15, -0.1) is 6.04 Å². The number of phenols is 1. The van der Waals surface area contributed by atoms with E-state index in [-0.39, 0.29) is 35.8 Å². The molecule has 1 atom stereocenters. The van der Waals surface area contributed by atoms with Crippen molar-refractivity contribution >= 4 is 23.0 Å². The van der Waals surface area contributed by atoms with Crippen molar-refractivity contribution in [1.29, 1.82) is 0 Å². The van der Waals surface area contributed by atoms with Crippen LogP contribution in [0.4, 0.5) is 30.2 Å². The third kappa shape index (κ3) is 5.08. The van der Waals surface area contributed by atoms with Crippen molar-refractivity contribution in [2.75, 3.05) is 19.4 Å². The third-order valence-electron chi connectivity index (χ3n) is 3.69. The number of phenolic OH excluding ortho intramolecular Hbond substituents is 1. The molecule has 2 aromatic rings. The second kappa shape index (κ2) is 8.71. The van der Waals surface area contributed by atoms with Gasteiger partial charge in [0.05, 0.1) is 16.9 Å². The van der Waals surface area contributed by atoms with Crippen LogP contribution in [0.3, 0.4) is 0 Å². The molecular formula is C17H17F3LiN3O4. The monoisotopic (exact) mass is 391 g/mol. The molecule has 7 nitrogen and oxygen atoms in total. The average molecular weight is 391 g/mol. The first-order chi connectivity index (χ1) is 12.4. The summed E-state index contributed by atoms with van der Waals surface area (Å²) in [6.07, 6.45) is -5.71. The minimum atomic E-state index is -4.47. The van der Waals surface area contributed by atoms with Crippen molar-refractivity contribution in [2.24, 2.45) is 0 Å². The number of amides is 1. The minimum absolute atomic E-state index is 0. The number of carbonyl (C=O) groups is 1. The maximum Gasteiger partial charge on any atom is 1.00 e. The summed E-state index contributed by atoms with van der Waals surface area (Å²) in [5, 5.41) is 16.4. The van der Waals surface area contributed by atoms with Crippen LogP contribution < -0.4 is 35.0 Å². The Morgan fingerprint density at radius 3 is 2.39 bits per heavy atom. The van der Waals surface area contributed by atoms with Crippen LogP contribution >= 0.6 is 0 Å². The summed E-state index contributed by atoms with van der Waals surface area (Å²) in [5.41, 5.74) is -2.80. The molecule has 0 fully saturated rings. The Hall–Kier alpha value is -2.44. The molecule has 0 saturated carbocycles. The van der Waals surface area contributed by atoms with E-state index in [1.54, 1.807) is 0 Å². The molecule has 146 valence electrons. The van der Waals surface area contributed by atoms with Crippen LogP contribution in [-0.4, -0.2) is 42.2 Å². The summed E-state index contributed by atoms with van der Waals surface area (Å²) in [6.45, 7) is 1.17. The van der Waals surface area contributed by atoms with Crippen LogP contribution in [-0.2, 0) is 0 Å². The Morgan fingerprint density at radius 2 is 1.86 bits per heavy atom. The van der Waals surface area contributed by atoms with Crippen molar-refractivity contribution in [2.45, 2.75) is 25.6 Å². The number of halogens is 3. The molecule has 1 unspecified atom stereocenters. The van der Waals surface area contributed by atoms with E-state index >= 15 is 0 Å². The fourth-order valence-electron chi connectivity index (χ4n) is 2.41. The van der Waals surface area contributed by atoms with Crippen molar-refractivity contribution in [3.8, 4) is 5.75 Å². The van der Waals surface area contributed by atoms with E-state index in [1.165, 1.54) is 44.1 Å². The van der Waals surface area contributed by atoms with Crippen molar-refractivity contribution in [3.63, 3.8) is 0 Å². The molecule has 0 bridgehead atoms. The fourth-order valence-corrected chi connectivity index (χ4v) is 2.41. The SMILES string of the molecule is CC(CC(F)(F)F)[N-]c1c(Nc2cccc(C(=O)N(C)C)c2O)c(=O)c1=O.[Li+]. The van der Waals surface area contributed by atoms with Gasteiger partial charge in [0.15, 0.2) is 5.75 Å². The number of rotatable bonds is 6. The van der Waals surface area contributed by atoms with Gasteiger partial charge < -0.3 is 20.6 Å². The van der Waals surface area contributed by atoms with E-state index in [4.69, 9.17) is 0 Å². The zero-order chi connectivity index (χ0) is 20.5. The Labute approximate surface area is 170 Å². The fraction of sp³-hybridized carbons (Fsp3) is 0.353. The molecule has 0 radical (unpaired) electrons. The molecule has 0 aliphatic rings.